The van der Waals surface area contributed by atoms with Gasteiger partial charge in [-0.1, -0.05) is 48.5 Å². The maximum Gasteiger partial charge on any atom is 0.249 e. The highest BCUT2D eigenvalue weighted by Crippen LogP contribution is 2.54. The van der Waals surface area contributed by atoms with Crippen LogP contribution in [-0.2, 0) is 16.0 Å². The van der Waals surface area contributed by atoms with Gasteiger partial charge in [-0.15, -0.1) is 0 Å². The van der Waals surface area contributed by atoms with Crippen molar-refractivity contribution < 1.29 is 23.8 Å². The lowest BCUT2D eigenvalue weighted by Gasteiger charge is -2.54. The van der Waals surface area contributed by atoms with Crippen LogP contribution in [0.4, 0.5) is 15.8 Å². The first-order valence-electron chi connectivity index (χ1n) is 21.2. The van der Waals surface area contributed by atoms with Crippen LogP contribution >= 0.6 is 0 Å². The van der Waals surface area contributed by atoms with Gasteiger partial charge in [-0.3, -0.25) is 14.9 Å². The molecule has 3 saturated heterocycles. The van der Waals surface area contributed by atoms with Crippen molar-refractivity contribution >= 4 is 23.2 Å². The fourth-order valence-corrected chi connectivity index (χ4v) is 11.1. The first-order chi connectivity index (χ1) is 27.7. The summed E-state index contributed by atoms with van der Waals surface area (Å²) in [6.45, 7) is 5.13. The normalized spacial score (nSPS) is 24.1. The van der Waals surface area contributed by atoms with Crippen molar-refractivity contribution in [3.05, 3.63) is 119 Å². The quantitative estimate of drug-likeness (QED) is 0.147. The van der Waals surface area contributed by atoms with Crippen LogP contribution < -0.4 is 20.3 Å². The molecule has 0 radical (unpaired) electrons. The second kappa shape index (κ2) is 15.8. The molecule has 2 amide bonds. The highest BCUT2D eigenvalue weighted by atomic mass is 19.1. The number of methoxy groups -OCH3 is 1. The first-order valence-corrected chi connectivity index (χ1v) is 21.2. The van der Waals surface area contributed by atoms with Crippen LogP contribution in [0, 0.1) is 17.2 Å². The molecule has 0 bridgehead atoms. The number of hydrogen-bond acceptors (Lipinski definition) is 7. The number of anilines is 2. The molecule has 9 rings (SSSR count). The Labute approximate surface area is 335 Å². The summed E-state index contributed by atoms with van der Waals surface area (Å²) in [6.07, 6.45) is 9.71. The van der Waals surface area contributed by atoms with E-state index < -0.39 is 0 Å². The van der Waals surface area contributed by atoms with E-state index in [2.05, 4.69) is 69.0 Å². The number of amides is 2. The molecule has 4 fully saturated rings. The largest absolute Gasteiger partial charge is 0.508 e. The van der Waals surface area contributed by atoms with Crippen molar-refractivity contribution in [1.29, 1.82) is 0 Å². The van der Waals surface area contributed by atoms with E-state index in [1.54, 1.807) is 19.2 Å². The number of nitrogens with zero attached hydrogens (tertiary/aromatic N) is 2. The molecule has 4 aromatic carbocycles. The van der Waals surface area contributed by atoms with Gasteiger partial charge < -0.3 is 25.0 Å². The van der Waals surface area contributed by atoms with Gasteiger partial charge in [0.05, 0.1) is 12.8 Å². The Kier molecular flexibility index (Phi) is 10.4. The molecule has 3 heterocycles. The van der Waals surface area contributed by atoms with E-state index in [1.165, 1.54) is 30.5 Å². The minimum atomic E-state index is -0.363. The molecule has 3 atom stereocenters. The molecule has 57 heavy (non-hydrogen) atoms. The van der Waals surface area contributed by atoms with E-state index in [9.17, 15) is 14.7 Å². The van der Waals surface area contributed by atoms with E-state index in [0.717, 1.165) is 98.7 Å². The number of ether oxygens (including phenoxy) is 1. The van der Waals surface area contributed by atoms with Gasteiger partial charge in [-0.05, 0) is 147 Å². The first kappa shape index (κ1) is 37.7. The third-order valence-corrected chi connectivity index (χ3v) is 14.1. The van der Waals surface area contributed by atoms with Crippen molar-refractivity contribution in [1.82, 2.24) is 10.2 Å². The van der Waals surface area contributed by atoms with Crippen LogP contribution in [0.15, 0.2) is 84.9 Å². The standard InChI is InChI=1S/C48H55FN4O4/c1-57-44-27-43(41(49)26-40(44)46-38(34-5-3-2-4-6-34)13-9-35-25-37(54)12-14-39(35)46)53-23-19-48(20-24-53)28-31(29-48)30-52-21-17-33(18-22-52)32-7-10-36(11-8-32)50-42-15-16-45(55)51-47(42)56/h2-8,10-12,14,25-27,31,33,38,42,46,50,54H,9,13,15-24,28-30H2,1H3,(H,51,55,56)/t38-,42+,46+/m0/s1. The zero-order valence-electron chi connectivity index (χ0n) is 33.0. The molecule has 1 spiro atoms. The van der Waals surface area contributed by atoms with E-state index in [-0.39, 0.29) is 41.3 Å². The number of likely N-dealkylation sites (tertiary alicyclic amines) is 1. The zero-order chi connectivity index (χ0) is 39.1. The highest BCUT2D eigenvalue weighted by Gasteiger charge is 2.46. The van der Waals surface area contributed by atoms with Gasteiger partial charge in [0.15, 0.2) is 0 Å². The fourth-order valence-electron chi connectivity index (χ4n) is 11.1. The zero-order valence-corrected chi connectivity index (χ0v) is 33.0. The predicted molar refractivity (Wildman–Crippen MR) is 222 cm³/mol. The van der Waals surface area contributed by atoms with Gasteiger partial charge in [-0.25, -0.2) is 4.39 Å². The Morgan fingerprint density at radius 3 is 2.32 bits per heavy atom. The number of phenols is 1. The van der Waals surface area contributed by atoms with Gasteiger partial charge in [0.2, 0.25) is 11.8 Å². The van der Waals surface area contributed by atoms with Gasteiger partial charge in [0.25, 0.3) is 0 Å². The van der Waals surface area contributed by atoms with E-state index in [4.69, 9.17) is 4.74 Å². The van der Waals surface area contributed by atoms with Crippen LogP contribution in [-0.4, -0.2) is 67.7 Å². The number of benzene rings is 4. The van der Waals surface area contributed by atoms with Crippen molar-refractivity contribution in [2.24, 2.45) is 11.3 Å². The SMILES string of the molecule is COc1cc(N2CCC3(CC2)CC(CN2CCC(c4ccc(N[C@@H]5CCC(=O)NC5=O)cc4)CC2)C3)c(F)cc1[C@H]1c2ccc(O)cc2CC[C@H]1c1ccccc1. The number of aromatic hydroxyl groups is 1. The number of hydrogen-bond donors (Lipinski definition) is 3. The molecule has 8 nitrogen and oxygen atoms in total. The molecule has 0 aromatic heterocycles. The second-order valence-corrected chi connectivity index (χ2v) is 17.6. The summed E-state index contributed by atoms with van der Waals surface area (Å²) in [6, 6.07) is 28.0. The summed E-state index contributed by atoms with van der Waals surface area (Å²) in [5, 5.41) is 16.0. The maximum absolute atomic E-state index is 16.4. The Morgan fingerprint density at radius 2 is 1.60 bits per heavy atom. The third kappa shape index (κ3) is 7.75. The van der Waals surface area contributed by atoms with Crippen LogP contribution in [0.1, 0.15) is 103 Å². The number of aryl methyl sites for hydroxylation is 1. The number of piperidine rings is 3. The van der Waals surface area contributed by atoms with Crippen LogP contribution in [0.2, 0.25) is 0 Å². The number of halogens is 1. The average Bonchev–Trinajstić information content (AvgIpc) is 3.22. The van der Waals surface area contributed by atoms with Crippen LogP contribution in [0.3, 0.4) is 0 Å². The average molecular weight is 771 g/mol. The minimum absolute atomic E-state index is 0.0832. The predicted octanol–water partition coefficient (Wildman–Crippen LogP) is 8.50. The molecule has 2 aliphatic carbocycles. The van der Waals surface area contributed by atoms with Crippen molar-refractivity contribution in [3.63, 3.8) is 0 Å². The van der Waals surface area contributed by atoms with Gasteiger partial charge in [-0.2, -0.15) is 0 Å². The Balaban J connectivity index is 0.785. The molecule has 1 saturated carbocycles. The third-order valence-electron chi connectivity index (χ3n) is 14.1. The Bertz CT molecular complexity index is 2080. The molecule has 4 aromatic rings. The number of nitrogens with one attached hydrogen (secondary N) is 2. The summed E-state index contributed by atoms with van der Waals surface area (Å²) < 4.78 is 22.4. The number of imide groups is 1. The number of carbonyl (C=O) groups excluding carboxylic acids is 2. The molecular weight excluding hydrogens is 716 g/mol. The molecule has 0 unspecified atom stereocenters. The molecule has 3 N–H and O–H groups in total. The lowest BCUT2D eigenvalue weighted by Crippen LogP contribution is -2.50. The fraction of sp³-hybridized carbons (Fsp3) is 0.458. The summed E-state index contributed by atoms with van der Waals surface area (Å²) in [5.41, 5.74) is 7.66. The van der Waals surface area contributed by atoms with Gasteiger partial charge in [0.1, 0.15) is 23.4 Å². The Hall–Kier alpha value is -4.89. The second-order valence-electron chi connectivity index (χ2n) is 17.6. The number of carbonyl (C=O) groups is 2. The van der Waals surface area contributed by atoms with Crippen LogP contribution in [0.5, 0.6) is 11.5 Å². The lowest BCUT2D eigenvalue weighted by molar-refractivity contribution is -0.133. The molecule has 298 valence electrons. The lowest BCUT2D eigenvalue weighted by atomic mass is 9.57. The van der Waals surface area contributed by atoms with Crippen molar-refractivity contribution in [2.75, 3.05) is 50.1 Å². The van der Waals surface area contributed by atoms with Gasteiger partial charge in [0, 0.05) is 49.3 Å². The van der Waals surface area contributed by atoms with E-state index in [1.807, 2.05) is 24.3 Å². The smallest absolute Gasteiger partial charge is 0.249 e. The summed E-state index contributed by atoms with van der Waals surface area (Å²) >= 11 is 0. The number of fused-ring (bicyclic) bond motifs is 1. The monoisotopic (exact) mass is 770 g/mol. The minimum Gasteiger partial charge on any atom is -0.508 e. The highest BCUT2D eigenvalue weighted by molar-refractivity contribution is 6.01. The molecule has 5 aliphatic rings. The topological polar surface area (TPSA) is 94.1 Å². The summed E-state index contributed by atoms with van der Waals surface area (Å²) in [7, 11) is 1.70. The number of rotatable bonds is 9. The molecule has 3 aliphatic heterocycles. The molecular formula is C48H55FN4O4. The maximum atomic E-state index is 16.4. The van der Waals surface area contributed by atoms with Crippen molar-refractivity contribution in [2.45, 2.75) is 88.0 Å². The van der Waals surface area contributed by atoms with E-state index in [0.29, 0.717) is 29.9 Å². The van der Waals surface area contributed by atoms with E-state index >= 15 is 4.39 Å². The van der Waals surface area contributed by atoms with Crippen LogP contribution in [0.25, 0.3) is 0 Å². The Morgan fingerprint density at radius 1 is 0.842 bits per heavy atom. The number of phenolic OH excluding ortho intramolecular Hbond substituents is 1. The summed E-state index contributed by atoms with van der Waals surface area (Å²) in [4.78, 5) is 28.5. The molecule has 9 heteroatoms. The summed E-state index contributed by atoms with van der Waals surface area (Å²) in [5.74, 6) is 1.74. The van der Waals surface area contributed by atoms with Gasteiger partial charge >= 0.3 is 0 Å². The van der Waals surface area contributed by atoms with Crippen molar-refractivity contribution in [3.8, 4) is 11.5 Å².